The monoisotopic (exact) mass is 2570 g/mol. The van der Waals surface area contributed by atoms with Gasteiger partial charge in [-0.15, -0.1) is 0 Å². The summed E-state index contributed by atoms with van der Waals surface area (Å²) in [5, 5.41) is 20.5. The molecule has 0 fully saturated rings. The van der Waals surface area contributed by atoms with Crippen molar-refractivity contribution in [3.8, 4) is 50.3 Å². The zero-order chi connectivity index (χ0) is 102. The number of para-hydroxylation sites is 8. The number of benzene rings is 22. The van der Waals surface area contributed by atoms with Gasteiger partial charge in [-0.2, -0.15) is 0 Å². The zero-order valence-corrected chi connectivity index (χ0v) is 95.9. The Morgan fingerprint density at radius 3 is 0.803 bits per heavy atom. The molecule has 723 valence electrons. The second-order valence-electron chi connectivity index (χ2n) is 37.6. The molecule has 0 unspecified atom stereocenters. The van der Waals surface area contributed by atoms with E-state index < -0.39 is 0 Å². The first-order valence-electron chi connectivity index (χ1n) is 48.1. The van der Waals surface area contributed by atoms with Gasteiger partial charge < -0.3 is 40.7 Å². The summed E-state index contributed by atoms with van der Waals surface area (Å²) in [5.74, 6) is 0.570. The molecule has 0 saturated heterocycles. The number of anilines is 14. The number of nitrogens with two attached hydrogens (primary N) is 2. The molecule has 0 atom stereocenters. The molecular formula is C130H102BBr5I3N6O2. The van der Waals surface area contributed by atoms with Crippen LogP contribution in [-0.2, 0) is 10.8 Å². The van der Waals surface area contributed by atoms with Crippen LogP contribution in [0.2, 0.25) is 0 Å². The molecule has 0 aliphatic rings. The second-order valence-corrected chi connectivity index (χ2v) is 45.6. The van der Waals surface area contributed by atoms with E-state index in [-0.39, 0.29) is 10.8 Å². The highest BCUT2D eigenvalue weighted by atomic mass is 127. The maximum Gasteiger partial charge on any atom is 0.569 e. The molecule has 0 aliphatic carbocycles. The maximum absolute atomic E-state index is 8.91. The van der Waals surface area contributed by atoms with Crippen molar-refractivity contribution in [1.82, 2.24) is 0 Å². The quantitative estimate of drug-likeness (QED) is 0.0444. The van der Waals surface area contributed by atoms with Crippen molar-refractivity contribution >= 4 is 289 Å². The molecule has 22 aromatic rings. The van der Waals surface area contributed by atoms with Gasteiger partial charge in [-0.05, 0) is 436 Å². The highest BCUT2D eigenvalue weighted by Crippen LogP contribution is 2.50. The molecule has 147 heavy (non-hydrogen) atoms. The van der Waals surface area contributed by atoms with Crippen molar-refractivity contribution in [1.29, 1.82) is 0 Å². The lowest BCUT2D eigenvalue weighted by Gasteiger charge is -2.26. The number of hydrogen-bond donors (Lipinski definition) is 3. The lowest BCUT2D eigenvalue weighted by Crippen LogP contribution is -2.10. The van der Waals surface area contributed by atoms with Crippen LogP contribution in [0.3, 0.4) is 0 Å². The molecule has 22 rings (SSSR count). The molecule has 17 heteroatoms. The fourth-order valence-corrected chi connectivity index (χ4v) is 22.7. The summed E-state index contributed by atoms with van der Waals surface area (Å²) in [7, 11) is 0.687. The van der Waals surface area contributed by atoms with Crippen molar-refractivity contribution in [2.24, 2.45) is 0 Å². The van der Waals surface area contributed by atoms with Gasteiger partial charge in [0.25, 0.3) is 0 Å². The van der Waals surface area contributed by atoms with Crippen molar-refractivity contribution in [2.75, 3.05) is 31.1 Å². The Balaban J connectivity index is 0.000000140. The summed E-state index contributed by atoms with van der Waals surface area (Å²) in [6.45, 7) is 13.5. The molecule has 0 aromatic heterocycles. The van der Waals surface area contributed by atoms with Gasteiger partial charge in [0.15, 0.2) is 0 Å². The van der Waals surface area contributed by atoms with Gasteiger partial charge in [0.05, 0.1) is 10.2 Å². The smallest absolute Gasteiger partial charge is 0.537 e. The Morgan fingerprint density at radius 1 is 0.231 bits per heavy atom. The van der Waals surface area contributed by atoms with Crippen LogP contribution in [-0.4, -0.2) is 12.7 Å². The van der Waals surface area contributed by atoms with Crippen LogP contribution < -0.4 is 35.7 Å². The average Bonchev–Trinajstić information content (AvgIpc) is 0.747. The van der Waals surface area contributed by atoms with Gasteiger partial charge in [-0.1, -0.05) is 342 Å². The number of fused-ring (bicyclic) bond motifs is 5. The van der Waals surface area contributed by atoms with Crippen LogP contribution in [0.15, 0.2) is 502 Å². The van der Waals surface area contributed by atoms with E-state index >= 15 is 0 Å². The molecule has 0 bridgehead atoms. The van der Waals surface area contributed by atoms with Crippen LogP contribution >= 0.6 is 147 Å². The summed E-state index contributed by atoms with van der Waals surface area (Å²) in [6.07, 6.45) is 0. The van der Waals surface area contributed by atoms with Gasteiger partial charge in [0.1, 0.15) is 5.75 Å². The van der Waals surface area contributed by atoms with Crippen molar-refractivity contribution in [3.63, 3.8) is 0 Å². The van der Waals surface area contributed by atoms with Gasteiger partial charge in [0.2, 0.25) is 0 Å². The standard InChI is InChI=1S/C60H47Br2N3.C22H16BBrNO2.C22H16BrN.C16H17I2N.C10H6BrI/c1-60(2,3)46-28-24-40(25-29-46)45-36-55(53-34-41-26-30-51(32-43(41)38-57(53)61)64(47-16-8-4-9-17-47)48-18-10-5-11-19-48)59(63)56(37-45)54-35-42-27-31-52(33-44(42)39-58(54)62)65(49-20-12-6-13-21-49)50-22-14-7-15-23-50;24-21-14-17-13-20(12-11-16(17)15-22(21)27-23-26)25(18-7-3-1-4-8-18)19-9-5-2-6-10-19;23-19-13-11-17-12-14-22(16-18(17)15-19)24(20-7-3-1-4-8-20)21-9-5-2-6-10-21;1-16(2,3)12-6-4-10(5-7-12)11-8-13(17)15(19)14(18)9-11;11-9-3-1-7-2-4-10(12)6-8(7)5-9/h4-39H,63H2,1-3H3;1-15,26H;1-16H;4-9H,19H2,1-3H3;1-6H. The largest absolute Gasteiger partial charge is 0.569 e. The normalized spacial score (nSPS) is 11.1. The summed E-state index contributed by atoms with van der Waals surface area (Å²) in [4.78, 5) is 9.09. The minimum Gasteiger partial charge on any atom is -0.537 e. The van der Waals surface area contributed by atoms with E-state index in [0.717, 1.165) is 169 Å². The van der Waals surface area contributed by atoms with E-state index in [1.54, 1.807) is 0 Å². The van der Waals surface area contributed by atoms with E-state index in [9.17, 15) is 0 Å². The second kappa shape index (κ2) is 47.7. The fraction of sp³-hybridized carbons (Fsp3) is 0.0615. The molecule has 0 saturated carbocycles. The zero-order valence-electron chi connectivity index (χ0n) is 81.5. The van der Waals surface area contributed by atoms with Crippen molar-refractivity contribution in [3.05, 3.63) is 523 Å². The molecule has 5 N–H and O–H groups in total. The Kier molecular flexibility index (Phi) is 33.8. The molecule has 0 aliphatic heterocycles. The summed E-state index contributed by atoms with van der Waals surface area (Å²) in [5.41, 5.74) is 39.9. The highest BCUT2D eigenvalue weighted by Gasteiger charge is 2.25. The van der Waals surface area contributed by atoms with E-state index in [2.05, 4.69) is 627 Å². The number of nitrogen functional groups attached to an aromatic ring is 2. The van der Waals surface area contributed by atoms with Crippen LogP contribution in [0.4, 0.5) is 79.6 Å². The predicted octanol–water partition coefficient (Wildman–Crippen LogP) is 41.0. The maximum atomic E-state index is 8.91. The third-order valence-electron chi connectivity index (χ3n) is 25.6. The topological polar surface area (TPSA) is 94.5 Å². The molecule has 1 radical (unpaired) electrons. The molecule has 8 nitrogen and oxygen atoms in total. The molecule has 0 amide bonds. The first-order valence-corrected chi connectivity index (χ1v) is 55.3. The lowest BCUT2D eigenvalue weighted by atomic mass is 9.85. The van der Waals surface area contributed by atoms with Gasteiger partial charge in [0, 0.05) is 114 Å². The van der Waals surface area contributed by atoms with Crippen LogP contribution in [0.1, 0.15) is 52.7 Å². The predicted molar refractivity (Wildman–Crippen MR) is 672 cm³/mol. The van der Waals surface area contributed by atoms with Gasteiger partial charge in [-0.25, -0.2) is 0 Å². The van der Waals surface area contributed by atoms with Crippen LogP contribution in [0.25, 0.3) is 98.4 Å². The first kappa shape index (κ1) is 104. The minimum absolute atomic E-state index is 0.0417. The highest BCUT2D eigenvalue weighted by molar-refractivity contribution is 14.1. The fourth-order valence-electron chi connectivity index (χ4n) is 18.0. The molecule has 0 spiro atoms. The van der Waals surface area contributed by atoms with E-state index in [1.165, 1.54) is 47.4 Å². The number of rotatable bonds is 18. The first-order chi connectivity index (χ1) is 71.2. The van der Waals surface area contributed by atoms with Gasteiger partial charge >= 0.3 is 7.69 Å². The summed E-state index contributed by atoms with van der Waals surface area (Å²) < 4.78 is 13.6. The summed E-state index contributed by atoms with van der Waals surface area (Å²) in [6, 6.07) is 168. The van der Waals surface area contributed by atoms with E-state index in [0.29, 0.717) is 19.1 Å². The Labute approximate surface area is 945 Å². The lowest BCUT2D eigenvalue weighted by molar-refractivity contribution is 0.452. The molecule has 0 heterocycles. The Bertz CT molecular complexity index is 7970. The molecular weight excluding hydrogens is 2470 g/mol. The SMILES string of the molecule is Brc1ccc2ccc(I)cc2c1.Brc1ccc2ccc(N(c3ccccc3)c3ccccc3)cc2c1.CC(C)(C)c1ccc(-c2cc(-c3cc4ccc(N(c5ccccc5)c5ccccc5)cc4cc3Br)c(N)c(-c3cc4ccc(N(c5ccccc5)c5ccccc5)cc4cc3Br)c2)cc1.CC(C)(C)c1ccc(-c2cc(I)c(N)c(I)c2)cc1.O[B]Oc1cc2ccc(N(c3ccccc3)c3ccccc3)cc2cc1Br. The van der Waals surface area contributed by atoms with E-state index in [4.69, 9.17) is 21.1 Å². The van der Waals surface area contributed by atoms with Crippen molar-refractivity contribution < 1.29 is 9.68 Å². The minimum atomic E-state index is 0.0417. The summed E-state index contributed by atoms with van der Waals surface area (Å²) >= 11 is 25.5. The third kappa shape index (κ3) is 25.3. The molecule has 22 aromatic carbocycles. The number of hydrogen-bond acceptors (Lipinski definition) is 8. The Hall–Kier alpha value is -12.6. The third-order valence-corrected chi connectivity index (χ3v) is 31.0. The van der Waals surface area contributed by atoms with Gasteiger partial charge in [-0.3, -0.25) is 0 Å². The number of halogens is 8. The number of nitrogens with zero attached hydrogens (tertiary/aromatic N) is 4. The average molecular weight is 2570 g/mol. The van der Waals surface area contributed by atoms with Crippen LogP contribution in [0.5, 0.6) is 5.75 Å². The van der Waals surface area contributed by atoms with Crippen molar-refractivity contribution in [2.45, 2.75) is 52.4 Å². The van der Waals surface area contributed by atoms with E-state index in [1.807, 2.05) is 60.7 Å². The van der Waals surface area contributed by atoms with Crippen LogP contribution in [0, 0.1) is 10.7 Å². The Morgan fingerprint density at radius 2 is 0.497 bits per heavy atom.